The molecule has 124 valence electrons. The van der Waals surface area contributed by atoms with E-state index in [0.717, 1.165) is 24.2 Å². The summed E-state index contributed by atoms with van der Waals surface area (Å²) in [5.74, 6) is 1.51. The van der Waals surface area contributed by atoms with E-state index >= 15 is 0 Å². The molecule has 4 nitrogen and oxygen atoms in total. The zero-order chi connectivity index (χ0) is 17.1. The number of hydrogen-bond acceptors (Lipinski definition) is 3. The molecule has 0 aliphatic heterocycles. The summed E-state index contributed by atoms with van der Waals surface area (Å²) in [6, 6.07) is 14.2. The summed E-state index contributed by atoms with van der Waals surface area (Å²) in [5.41, 5.74) is 4.30. The van der Waals surface area contributed by atoms with Crippen molar-refractivity contribution in [2.24, 2.45) is 0 Å². The lowest BCUT2D eigenvalue weighted by Gasteiger charge is -2.20. The SMILES string of the molecule is N#Cc1ccc(Cn2ccnc2)cc1Oc1cccc2c1CCCC2. The minimum Gasteiger partial charge on any atom is -0.456 e. The molecule has 0 unspecified atom stereocenters. The number of benzene rings is 2. The van der Waals surface area contributed by atoms with E-state index in [9.17, 15) is 5.26 Å². The second kappa shape index (κ2) is 6.82. The van der Waals surface area contributed by atoms with Gasteiger partial charge in [0, 0.05) is 18.9 Å². The van der Waals surface area contributed by atoms with Gasteiger partial charge in [-0.15, -0.1) is 0 Å². The first-order valence-electron chi connectivity index (χ1n) is 8.61. The largest absolute Gasteiger partial charge is 0.456 e. The van der Waals surface area contributed by atoms with Gasteiger partial charge in [0.25, 0.3) is 0 Å². The normalized spacial score (nSPS) is 13.1. The number of nitriles is 1. The molecule has 0 N–H and O–H groups in total. The van der Waals surface area contributed by atoms with Crippen LogP contribution in [0.25, 0.3) is 0 Å². The van der Waals surface area contributed by atoms with Crippen LogP contribution in [0, 0.1) is 11.3 Å². The maximum atomic E-state index is 9.44. The highest BCUT2D eigenvalue weighted by Gasteiger charge is 2.15. The summed E-state index contributed by atoms with van der Waals surface area (Å²) in [5, 5.41) is 9.44. The molecule has 0 saturated heterocycles. The van der Waals surface area contributed by atoms with E-state index in [2.05, 4.69) is 17.1 Å². The molecular formula is C21H19N3O. The average molecular weight is 329 g/mol. The first-order chi connectivity index (χ1) is 12.3. The molecule has 1 aliphatic carbocycles. The maximum absolute atomic E-state index is 9.44. The van der Waals surface area contributed by atoms with Gasteiger partial charge in [0.05, 0.1) is 11.9 Å². The molecule has 0 bridgehead atoms. The fraction of sp³-hybridized carbons (Fsp3) is 0.238. The molecule has 2 aromatic carbocycles. The van der Waals surface area contributed by atoms with Gasteiger partial charge in [-0.05, 0) is 60.6 Å². The predicted octanol–water partition coefficient (Wildman–Crippen LogP) is 4.47. The first-order valence-corrected chi connectivity index (χ1v) is 8.61. The second-order valence-electron chi connectivity index (χ2n) is 6.38. The van der Waals surface area contributed by atoms with Gasteiger partial charge in [-0.25, -0.2) is 4.98 Å². The van der Waals surface area contributed by atoms with Crippen LogP contribution in [-0.4, -0.2) is 9.55 Å². The molecule has 3 aromatic rings. The number of hydrogen-bond donors (Lipinski definition) is 0. The highest BCUT2D eigenvalue weighted by atomic mass is 16.5. The van der Waals surface area contributed by atoms with Crippen molar-refractivity contribution in [2.75, 3.05) is 0 Å². The second-order valence-corrected chi connectivity index (χ2v) is 6.38. The lowest BCUT2D eigenvalue weighted by molar-refractivity contribution is 0.468. The summed E-state index contributed by atoms with van der Waals surface area (Å²) >= 11 is 0. The number of ether oxygens (including phenoxy) is 1. The topological polar surface area (TPSA) is 50.8 Å². The predicted molar refractivity (Wildman–Crippen MR) is 95.6 cm³/mol. The van der Waals surface area contributed by atoms with E-state index in [-0.39, 0.29) is 0 Å². The number of rotatable bonds is 4. The maximum Gasteiger partial charge on any atom is 0.145 e. The van der Waals surface area contributed by atoms with Crippen LogP contribution in [0.1, 0.15) is 35.1 Å². The molecule has 4 rings (SSSR count). The molecule has 0 amide bonds. The van der Waals surface area contributed by atoms with Crippen LogP contribution in [-0.2, 0) is 19.4 Å². The Bertz CT molecular complexity index is 923. The standard InChI is InChI=1S/C21H19N3O/c22-13-18-9-8-16(14-24-11-10-23-15-24)12-21(18)25-20-7-3-5-17-4-1-2-6-19(17)20/h3,5,7-12,15H,1-2,4,6,14H2. The van der Waals surface area contributed by atoms with Gasteiger partial charge in [-0.2, -0.15) is 5.26 Å². The molecule has 0 spiro atoms. The van der Waals surface area contributed by atoms with Crippen molar-refractivity contribution in [3.8, 4) is 17.6 Å². The van der Waals surface area contributed by atoms with Crippen LogP contribution in [0.15, 0.2) is 55.1 Å². The summed E-state index contributed by atoms with van der Waals surface area (Å²) in [4.78, 5) is 4.07. The number of imidazole rings is 1. The first kappa shape index (κ1) is 15.5. The van der Waals surface area contributed by atoms with Crippen molar-refractivity contribution in [3.63, 3.8) is 0 Å². The van der Waals surface area contributed by atoms with Crippen molar-refractivity contribution < 1.29 is 4.74 Å². The van der Waals surface area contributed by atoms with E-state index in [4.69, 9.17) is 4.74 Å². The Balaban J connectivity index is 1.66. The average Bonchev–Trinajstić information content (AvgIpc) is 3.15. The van der Waals surface area contributed by atoms with Gasteiger partial charge in [-0.1, -0.05) is 18.2 Å². The Hall–Kier alpha value is -3.06. The number of aromatic nitrogens is 2. The van der Waals surface area contributed by atoms with Crippen molar-refractivity contribution in [1.82, 2.24) is 9.55 Å². The highest BCUT2D eigenvalue weighted by Crippen LogP contribution is 2.34. The number of fused-ring (bicyclic) bond motifs is 1. The molecule has 0 atom stereocenters. The summed E-state index contributed by atoms with van der Waals surface area (Å²) < 4.78 is 8.21. The van der Waals surface area contributed by atoms with Gasteiger partial charge >= 0.3 is 0 Å². The Morgan fingerprint density at radius 1 is 1.12 bits per heavy atom. The molecule has 1 heterocycles. The van der Waals surface area contributed by atoms with Crippen LogP contribution < -0.4 is 4.74 Å². The van der Waals surface area contributed by atoms with Crippen molar-refractivity contribution in [2.45, 2.75) is 32.2 Å². The zero-order valence-electron chi connectivity index (χ0n) is 14.0. The quantitative estimate of drug-likeness (QED) is 0.709. The fourth-order valence-corrected chi connectivity index (χ4v) is 3.39. The Morgan fingerprint density at radius 2 is 2.04 bits per heavy atom. The molecule has 25 heavy (non-hydrogen) atoms. The van der Waals surface area contributed by atoms with Crippen molar-refractivity contribution in [1.29, 1.82) is 5.26 Å². The number of aryl methyl sites for hydroxylation is 1. The number of nitrogens with zero attached hydrogens (tertiary/aromatic N) is 3. The lowest BCUT2D eigenvalue weighted by Crippen LogP contribution is -2.05. The smallest absolute Gasteiger partial charge is 0.145 e. The Labute approximate surface area is 147 Å². The molecule has 1 aliphatic rings. The van der Waals surface area contributed by atoms with E-state index in [1.165, 1.54) is 24.0 Å². The lowest BCUT2D eigenvalue weighted by atomic mass is 9.91. The van der Waals surface area contributed by atoms with Crippen molar-refractivity contribution in [3.05, 3.63) is 77.4 Å². The van der Waals surface area contributed by atoms with E-state index in [0.29, 0.717) is 17.9 Å². The van der Waals surface area contributed by atoms with Gasteiger partial charge in [-0.3, -0.25) is 0 Å². The van der Waals surface area contributed by atoms with E-state index in [1.807, 2.05) is 41.1 Å². The van der Waals surface area contributed by atoms with E-state index < -0.39 is 0 Å². The van der Waals surface area contributed by atoms with Crippen LogP contribution in [0.3, 0.4) is 0 Å². The van der Waals surface area contributed by atoms with Gasteiger partial charge in [0.15, 0.2) is 0 Å². The summed E-state index contributed by atoms with van der Waals surface area (Å²) in [7, 11) is 0. The monoisotopic (exact) mass is 329 g/mol. The third-order valence-electron chi connectivity index (χ3n) is 4.66. The molecule has 0 radical (unpaired) electrons. The van der Waals surface area contributed by atoms with E-state index in [1.54, 1.807) is 12.5 Å². The van der Waals surface area contributed by atoms with Gasteiger partial charge in [0.1, 0.15) is 17.6 Å². The Morgan fingerprint density at radius 3 is 2.88 bits per heavy atom. The minimum atomic E-state index is 0.558. The van der Waals surface area contributed by atoms with Gasteiger partial charge < -0.3 is 9.30 Å². The summed E-state index contributed by atoms with van der Waals surface area (Å²) in [6.07, 6.45) is 10.1. The summed E-state index contributed by atoms with van der Waals surface area (Å²) in [6.45, 7) is 0.703. The zero-order valence-corrected chi connectivity index (χ0v) is 14.0. The minimum absolute atomic E-state index is 0.558. The molecule has 1 aromatic heterocycles. The Kier molecular flexibility index (Phi) is 4.22. The van der Waals surface area contributed by atoms with Crippen LogP contribution in [0.5, 0.6) is 11.5 Å². The third-order valence-corrected chi connectivity index (χ3v) is 4.66. The van der Waals surface area contributed by atoms with Crippen LogP contribution in [0.2, 0.25) is 0 Å². The van der Waals surface area contributed by atoms with Crippen LogP contribution in [0.4, 0.5) is 0 Å². The fourth-order valence-electron chi connectivity index (χ4n) is 3.39. The van der Waals surface area contributed by atoms with Crippen molar-refractivity contribution >= 4 is 0 Å². The highest BCUT2D eigenvalue weighted by molar-refractivity contribution is 5.50. The third kappa shape index (κ3) is 3.27. The van der Waals surface area contributed by atoms with Crippen LogP contribution >= 0.6 is 0 Å². The van der Waals surface area contributed by atoms with Gasteiger partial charge in [0.2, 0.25) is 0 Å². The molecule has 0 fully saturated rings. The molecule has 4 heteroatoms. The molecule has 0 saturated carbocycles. The molecular weight excluding hydrogens is 310 g/mol.